The molecule has 0 radical (unpaired) electrons. The lowest BCUT2D eigenvalue weighted by atomic mass is 9.93. The van der Waals surface area contributed by atoms with Gasteiger partial charge in [-0.05, 0) is 50.3 Å². The van der Waals surface area contributed by atoms with Gasteiger partial charge in [-0.2, -0.15) is 0 Å². The number of thiazole rings is 1. The molecule has 1 saturated heterocycles. The van der Waals surface area contributed by atoms with Gasteiger partial charge in [-0.1, -0.05) is 30.3 Å². The molecule has 4 nitrogen and oxygen atoms in total. The maximum atomic E-state index is 12.0. The third-order valence-corrected chi connectivity index (χ3v) is 5.73. The van der Waals surface area contributed by atoms with Crippen LogP contribution in [0, 0.1) is 5.92 Å². The predicted molar refractivity (Wildman–Crippen MR) is 117 cm³/mol. The molecular formula is C20H29Cl2N3OS. The van der Waals surface area contributed by atoms with Gasteiger partial charge in [0.2, 0.25) is 5.91 Å². The first-order valence-electron chi connectivity index (χ1n) is 9.24. The van der Waals surface area contributed by atoms with Crippen molar-refractivity contribution in [2.45, 2.75) is 45.1 Å². The van der Waals surface area contributed by atoms with Gasteiger partial charge in [-0.15, -0.1) is 36.2 Å². The van der Waals surface area contributed by atoms with Crippen molar-refractivity contribution in [3.63, 3.8) is 0 Å². The molecule has 0 saturated carbocycles. The number of carbonyl (C=O) groups excluding carboxylic acids is 1. The molecule has 1 aromatic heterocycles. The number of hydrogen-bond acceptors (Lipinski definition) is 4. The molecule has 2 heterocycles. The monoisotopic (exact) mass is 429 g/mol. The van der Waals surface area contributed by atoms with Crippen molar-refractivity contribution in [3.8, 4) is 0 Å². The lowest BCUT2D eigenvalue weighted by Gasteiger charge is -2.22. The van der Waals surface area contributed by atoms with Crippen LogP contribution in [0.4, 0.5) is 0 Å². The first kappa shape index (κ1) is 23.9. The van der Waals surface area contributed by atoms with Crippen LogP contribution >= 0.6 is 36.2 Å². The molecule has 0 spiro atoms. The minimum absolute atomic E-state index is 0. The molecule has 2 aromatic rings. The fraction of sp³-hybridized carbons (Fsp3) is 0.500. The van der Waals surface area contributed by atoms with Gasteiger partial charge in [-0.3, -0.25) is 4.79 Å². The largest absolute Gasteiger partial charge is 0.350 e. The number of carbonyl (C=O) groups is 1. The predicted octanol–water partition coefficient (Wildman–Crippen LogP) is 4.17. The summed E-state index contributed by atoms with van der Waals surface area (Å²) < 4.78 is 0. The summed E-state index contributed by atoms with van der Waals surface area (Å²) in [6.45, 7) is 2.74. The Bertz CT molecular complexity index is 660. The van der Waals surface area contributed by atoms with Crippen LogP contribution in [-0.2, 0) is 24.2 Å². The Morgan fingerprint density at radius 3 is 2.63 bits per heavy atom. The van der Waals surface area contributed by atoms with Crippen LogP contribution in [0.25, 0.3) is 0 Å². The van der Waals surface area contributed by atoms with E-state index in [-0.39, 0.29) is 30.7 Å². The van der Waals surface area contributed by atoms with E-state index in [4.69, 9.17) is 0 Å². The number of halogens is 2. The SMILES string of the molecule is Cl.Cl.O=C(CCC1CCNCC1)NCc1csc(CCc2ccccc2)n1. The van der Waals surface area contributed by atoms with Crippen LogP contribution in [0.3, 0.4) is 0 Å². The molecule has 1 aliphatic heterocycles. The summed E-state index contributed by atoms with van der Waals surface area (Å²) in [5.41, 5.74) is 2.31. The molecule has 2 N–H and O–H groups in total. The van der Waals surface area contributed by atoms with Crippen LogP contribution in [0.1, 0.15) is 41.9 Å². The van der Waals surface area contributed by atoms with Crippen LogP contribution in [0.2, 0.25) is 0 Å². The third kappa shape index (κ3) is 8.60. The van der Waals surface area contributed by atoms with E-state index in [9.17, 15) is 4.79 Å². The van der Waals surface area contributed by atoms with Crippen LogP contribution in [0.15, 0.2) is 35.7 Å². The summed E-state index contributed by atoms with van der Waals surface area (Å²) in [4.78, 5) is 16.7. The highest BCUT2D eigenvalue weighted by Gasteiger charge is 2.14. The average Bonchev–Trinajstić information content (AvgIpc) is 3.13. The number of nitrogens with one attached hydrogen (secondary N) is 2. The second-order valence-corrected chi connectivity index (χ2v) is 7.67. The van der Waals surface area contributed by atoms with Crippen molar-refractivity contribution in [2.24, 2.45) is 5.92 Å². The molecule has 27 heavy (non-hydrogen) atoms. The van der Waals surface area contributed by atoms with E-state index in [1.165, 1.54) is 18.4 Å². The topological polar surface area (TPSA) is 54.0 Å². The molecule has 7 heteroatoms. The van der Waals surface area contributed by atoms with Crippen molar-refractivity contribution in [2.75, 3.05) is 13.1 Å². The van der Waals surface area contributed by atoms with E-state index in [0.29, 0.717) is 18.9 Å². The van der Waals surface area contributed by atoms with Crippen molar-refractivity contribution in [1.82, 2.24) is 15.6 Å². The summed E-state index contributed by atoms with van der Waals surface area (Å²) >= 11 is 1.69. The first-order valence-corrected chi connectivity index (χ1v) is 10.1. The Labute approximate surface area is 178 Å². The smallest absolute Gasteiger partial charge is 0.220 e. The highest BCUT2D eigenvalue weighted by atomic mass is 35.5. The molecule has 1 fully saturated rings. The van der Waals surface area contributed by atoms with Gasteiger partial charge in [0, 0.05) is 18.2 Å². The summed E-state index contributed by atoms with van der Waals surface area (Å²) in [5.74, 6) is 0.855. The van der Waals surface area contributed by atoms with Crippen molar-refractivity contribution in [3.05, 3.63) is 52.0 Å². The number of nitrogens with zero attached hydrogens (tertiary/aromatic N) is 1. The Morgan fingerprint density at radius 1 is 1.15 bits per heavy atom. The quantitative estimate of drug-likeness (QED) is 0.661. The molecule has 1 aliphatic rings. The Hall–Kier alpha value is -1.14. The number of piperidine rings is 1. The van der Waals surface area contributed by atoms with Gasteiger partial charge < -0.3 is 10.6 Å². The van der Waals surface area contributed by atoms with Crippen molar-refractivity contribution < 1.29 is 4.79 Å². The van der Waals surface area contributed by atoms with Gasteiger partial charge in [-0.25, -0.2) is 4.98 Å². The fourth-order valence-corrected chi connectivity index (χ4v) is 4.02. The van der Waals surface area contributed by atoms with Gasteiger partial charge in [0.25, 0.3) is 0 Å². The number of aromatic nitrogens is 1. The highest BCUT2D eigenvalue weighted by molar-refractivity contribution is 7.09. The molecular weight excluding hydrogens is 401 g/mol. The molecule has 0 unspecified atom stereocenters. The first-order chi connectivity index (χ1) is 12.3. The maximum absolute atomic E-state index is 12.0. The highest BCUT2D eigenvalue weighted by Crippen LogP contribution is 2.17. The number of hydrogen-bond donors (Lipinski definition) is 2. The van der Waals surface area contributed by atoms with E-state index in [1.54, 1.807) is 11.3 Å². The van der Waals surface area contributed by atoms with Crippen molar-refractivity contribution >= 4 is 42.1 Å². The van der Waals surface area contributed by atoms with Gasteiger partial charge in [0.05, 0.1) is 17.2 Å². The molecule has 0 bridgehead atoms. The van der Waals surface area contributed by atoms with E-state index in [0.717, 1.165) is 43.1 Å². The fourth-order valence-electron chi connectivity index (χ4n) is 3.22. The zero-order chi connectivity index (χ0) is 17.3. The maximum Gasteiger partial charge on any atom is 0.220 e. The average molecular weight is 430 g/mol. The number of amides is 1. The minimum atomic E-state index is 0. The molecule has 3 rings (SSSR count). The molecule has 150 valence electrons. The standard InChI is InChI=1S/C20H27N3OS.2ClH/c24-19(8-6-17-10-12-21-13-11-17)22-14-18-15-25-20(23-18)9-7-16-4-2-1-3-5-16;;/h1-5,15,17,21H,6-14H2,(H,22,24);2*1H. The zero-order valence-corrected chi connectivity index (χ0v) is 17.9. The lowest BCUT2D eigenvalue weighted by Crippen LogP contribution is -2.29. The molecule has 1 amide bonds. The van der Waals surface area contributed by atoms with E-state index < -0.39 is 0 Å². The second kappa shape index (κ2) is 13.1. The number of rotatable bonds is 8. The normalized spacial score (nSPS) is 14.1. The summed E-state index contributed by atoms with van der Waals surface area (Å²) in [5, 5.41) is 9.58. The van der Waals surface area contributed by atoms with Gasteiger partial charge >= 0.3 is 0 Å². The summed E-state index contributed by atoms with van der Waals surface area (Å²) in [6.07, 6.45) is 6.01. The molecule has 1 aromatic carbocycles. The summed E-state index contributed by atoms with van der Waals surface area (Å²) in [6, 6.07) is 10.5. The van der Waals surface area contributed by atoms with Crippen LogP contribution in [0.5, 0.6) is 0 Å². The van der Waals surface area contributed by atoms with E-state index >= 15 is 0 Å². The van der Waals surface area contributed by atoms with Crippen LogP contribution in [-0.4, -0.2) is 24.0 Å². The Kier molecular flexibility index (Phi) is 11.6. The lowest BCUT2D eigenvalue weighted by molar-refractivity contribution is -0.121. The van der Waals surface area contributed by atoms with Gasteiger partial charge in [0.1, 0.15) is 0 Å². The summed E-state index contributed by atoms with van der Waals surface area (Å²) in [7, 11) is 0. The number of aryl methyl sites for hydroxylation is 2. The second-order valence-electron chi connectivity index (χ2n) is 6.73. The van der Waals surface area contributed by atoms with E-state index in [1.807, 2.05) is 6.07 Å². The van der Waals surface area contributed by atoms with E-state index in [2.05, 4.69) is 45.3 Å². The van der Waals surface area contributed by atoms with Gasteiger partial charge in [0.15, 0.2) is 0 Å². The Morgan fingerprint density at radius 2 is 1.89 bits per heavy atom. The minimum Gasteiger partial charge on any atom is -0.350 e. The Balaban J connectivity index is 0.00000182. The molecule has 0 aliphatic carbocycles. The number of benzene rings is 1. The third-order valence-electron chi connectivity index (χ3n) is 4.77. The molecule has 0 atom stereocenters. The zero-order valence-electron chi connectivity index (χ0n) is 15.5. The van der Waals surface area contributed by atoms with Crippen LogP contribution < -0.4 is 10.6 Å². The van der Waals surface area contributed by atoms with Crippen molar-refractivity contribution in [1.29, 1.82) is 0 Å².